The summed E-state index contributed by atoms with van der Waals surface area (Å²) in [7, 11) is 0. The van der Waals surface area contributed by atoms with Crippen molar-refractivity contribution in [1.82, 2.24) is 0 Å². The third-order valence-electron chi connectivity index (χ3n) is 6.25. The summed E-state index contributed by atoms with van der Waals surface area (Å²) >= 11 is 0. The quantitative estimate of drug-likeness (QED) is 0.556. The normalized spacial score (nSPS) is 37.8. The highest BCUT2D eigenvalue weighted by atomic mass is 14.5. The standard InChI is InChI=1S/C18H34/c1-14(2)8-7-9-15(3)17-12-11-16-10-5-6-13-18(16,17)4/h14-17H,5-13H2,1-4H3/t15?,16-,17-,18+/m1/s1. The van der Waals surface area contributed by atoms with E-state index in [4.69, 9.17) is 0 Å². The largest absolute Gasteiger partial charge is 0.0628 e. The molecule has 0 spiro atoms. The van der Waals surface area contributed by atoms with Crippen LogP contribution in [-0.2, 0) is 0 Å². The fourth-order valence-corrected chi connectivity index (χ4v) is 5.09. The van der Waals surface area contributed by atoms with Gasteiger partial charge in [0.2, 0.25) is 0 Å². The molecule has 2 aliphatic rings. The molecule has 0 N–H and O–H groups in total. The van der Waals surface area contributed by atoms with Gasteiger partial charge in [-0.1, -0.05) is 59.8 Å². The number of fused-ring (bicyclic) bond motifs is 1. The zero-order valence-corrected chi connectivity index (χ0v) is 13.2. The lowest BCUT2D eigenvalue weighted by molar-refractivity contribution is 0.0661. The topological polar surface area (TPSA) is 0 Å². The Morgan fingerprint density at radius 1 is 1.00 bits per heavy atom. The highest BCUT2D eigenvalue weighted by molar-refractivity contribution is 4.98. The Labute approximate surface area is 115 Å². The van der Waals surface area contributed by atoms with Gasteiger partial charge in [0.25, 0.3) is 0 Å². The number of hydrogen-bond donors (Lipinski definition) is 0. The molecule has 0 heteroatoms. The van der Waals surface area contributed by atoms with Gasteiger partial charge in [0.15, 0.2) is 0 Å². The molecule has 0 saturated heterocycles. The fourth-order valence-electron chi connectivity index (χ4n) is 5.09. The predicted octanol–water partition coefficient (Wildman–Crippen LogP) is 6.06. The van der Waals surface area contributed by atoms with E-state index >= 15 is 0 Å². The third kappa shape index (κ3) is 2.94. The van der Waals surface area contributed by atoms with E-state index in [2.05, 4.69) is 27.7 Å². The molecule has 0 nitrogen and oxygen atoms in total. The lowest BCUT2D eigenvalue weighted by Crippen LogP contribution is -2.34. The van der Waals surface area contributed by atoms with Crippen molar-refractivity contribution in [2.75, 3.05) is 0 Å². The van der Waals surface area contributed by atoms with Crippen LogP contribution in [0.5, 0.6) is 0 Å². The van der Waals surface area contributed by atoms with Crippen LogP contribution in [0.4, 0.5) is 0 Å². The zero-order chi connectivity index (χ0) is 13.2. The van der Waals surface area contributed by atoms with Gasteiger partial charge in [-0.15, -0.1) is 0 Å². The molecule has 2 rings (SSSR count). The highest BCUT2D eigenvalue weighted by Crippen LogP contribution is 2.58. The van der Waals surface area contributed by atoms with Crippen LogP contribution in [0.25, 0.3) is 0 Å². The second-order valence-corrected chi connectivity index (χ2v) is 7.93. The van der Waals surface area contributed by atoms with Gasteiger partial charge in [0.1, 0.15) is 0 Å². The smallest absolute Gasteiger partial charge is 0.0267 e. The molecule has 0 bridgehead atoms. The first kappa shape index (κ1) is 14.4. The van der Waals surface area contributed by atoms with E-state index in [0.29, 0.717) is 0 Å². The molecule has 2 aliphatic carbocycles. The Kier molecular flexibility index (Phi) is 4.78. The summed E-state index contributed by atoms with van der Waals surface area (Å²) in [6.45, 7) is 9.90. The summed E-state index contributed by atoms with van der Waals surface area (Å²) in [4.78, 5) is 0. The van der Waals surface area contributed by atoms with E-state index in [9.17, 15) is 0 Å². The summed E-state index contributed by atoms with van der Waals surface area (Å²) in [5.41, 5.74) is 0.718. The average molecular weight is 250 g/mol. The summed E-state index contributed by atoms with van der Waals surface area (Å²) in [5.74, 6) is 3.97. The summed E-state index contributed by atoms with van der Waals surface area (Å²) in [5, 5.41) is 0. The first-order chi connectivity index (χ1) is 8.54. The maximum Gasteiger partial charge on any atom is -0.0267 e. The molecule has 0 amide bonds. The van der Waals surface area contributed by atoms with Crippen molar-refractivity contribution in [2.24, 2.45) is 29.1 Å². The Hall–Kier alpha value is 0. The molecule has 4 atom stereocenters. The van der Waals surface area contributed by atoms with Crippen molar-refractivity contribution in [3.63, 3.8) is 0 Å². The van der Waals surface area contributed by atoms with Crippen LogP contribution < -0.4 is 0 Å². The second-order valence-electron chi connectivity index (χ2n) is 7.93. The highest BCUT2D eigenvalue weighted by Gasteiger charge is 2.48. The SMILES string of the molecule is CC(C)CCCC(C)[C@H]1CC[C@H]2CCCC[C@@]21C. The minimum Gasteiger partial charge on any atom is -0.0628 e. The Morgan fingerprint density at radius 2 is 1.78 bits per heavy atom. The van der Waals surface area contributed by atoms with E-state index < -0.39 is 0 Å². The van der Waals surface area contributed by atoms with E-state index in [1.807, 2.05) is 0 Å². The first-order valence-electron chi connectivity index (χ1n) is 8.54. The van der Waals surface area contributed by atoms with Crippen LogP contribution in [0.1, 0.15) is 85.5 Å². The lowest BCUT2D eigenvalue weighted by Gasteiger charge is -2.43. The number of hydrogen-bond acceptors (Lipinski definition) is 0. The molecule has 0 aromatic heterocycles. The molecular weight excluding hydrogens is 216 g/mol. The average Bonchev–Trinajstić information content (AvgIpc) is 2.65. The van der Waals surface area contributed by atoms with E-state index in [1.165, 1.54) is 57.8 Å². The summed E-state index contributed by atoms with van der Waals surface area (Å²) < 4.78 is 0. The molecule has 0 aliphatic heterocycles. The summed E-state index contributed by atoms with van der Waals surface area (Å²) in [6, 6.07) is 0. The van der Waals surface area contributed by atoms with Gasteiger partial charge in [-0.25, -0.2) is 0 Å². The molecule has 0 radical (unpaired) electrons. The van der Waals surface area contributed by atoms with Crippen molar-refractivity contribution in [2.45, 2.75) is 85.5 Å². The van der Waals surface area contributed by atoms with E-state index in [-0.39, 0.29) is 0 Å². The van der Waals surface area contributed by atoms with Crippen molar-refractivity contribution in [1.29, 1.82) is 0 Å². The molecule has 0 aromatic rings. The minimum absolute atomic E-state index is 0.718. The van der Waals surface area contributed by atoms with Crippen LogP contribution >= 0.6 is 0 Å². The third-order valence-corrected chi connectivity index (χ3v) is 6.25. The van der Waals surface area contributed by atoms with Gasteiger partial charge in [0.05, 0.1) is 0 Å². The van der Waals surface area contributed by atoms with E-state index in [1.54, 1.807) is 0 Å². The van der Waals surface area contributed by atoms with Crippen molar-refractivity contribution in [3.8, 4) is 0 Å². The molecule has 2 fully saturated rings. The van der Waals surface area contributed by atoms with Gasteiger partial charge >= 0.3 is 0 Å². The van der Waals surface area contributed by atoms with Crippen molar-refractivity contribution >= 4 is 0 Å². The van der Waals surface area contributed by atoms with Gasteiger partial charge in [-0.05, 0) is 54.8 Å². The van der Waals surface area contributed by atoms with Crippen molar-refractivity contribution < 1.29 is 0 Å². The van der Waals surface area contributed by atoms with Crippen LogP contribution in [-0.4, -0.2) is 0 Å². The van der Waals surface area contributed by atoms with Gasteiger partial charge in [0, 0.05) is 0 Å². The van der Waals surface area contributed by atoms with Gasteiger partial charge in [-0.3, -0.25) is 0 Å². The van der Waals surface area contributed by atoms with Crippen LogP contribution in [0.3, 0.4) is 0 Å². The molecule has 0 heterocycles. The van der Waals surface area contributed by atoms with Crippen LogP contribution in [0.15, 0.2) is 0 Å². The molecule has 2 saturated carbocycles. The lowest BCUT2D eigenvalue weighted by atomic mass is 9.62. The molecule has 106 valence electrons. The Bertz CT molecular complexity index is 255. The zero-order valence-electron chi connectivity index (χ0n) is 13.2. The second kappa shape index (κ2) is 5.97. The molecule has 18 heavy (non-hydrogen) atoms. The minimum atomic E-state index is 0.718. The Balaban J connectivity index is 1.88. The maximum atomic E-state index is 2.63. The van der Waals surface area contributed by atoms with Crippen LogP contribution in [0, 0.1) is 29.1 Å². The van der Waals surface area contributed by atoms with Gasteiger partial charge < -0.3 is 0 Å². The Morgan fingerprint density at radius 3 is 2.50 bits per heavy atom. The number of rotatable bonds is 5. The van der Waals surface area contributed by atoms with E-state index in [0.717, 1.165) is 29.1 Å². The summed E-state index contributed by atoms with van der Waals surface area (Å²) in [6.07, 6.45) is 13.5. The molecule has 1 unspecified atom stereocenters. The fraction of sp³-hybridized carbons (Fsp3) is 1.00. The maximum absolute atomic E-state index is 2.63. The molecular formula is C18H34. The van der Waals surface area contributed by atoms with Crippen molar-refractivity contribution in [3.05, 3.63) is 0 Å². The first-order valence-corrected chi connectivity index (χ1v) is 8.54. The molecule has 0 aromatic carbocycles. The predicted molar refractivity (Wildman–Crippen MR) is 80.6 cm³/mol. The van der Waals surface area contributed by atoms with Crippen LogP contribution in [0.2, 0.25) is 0 Å². The van der Waals surface area contributed by atoms with Gasteiger partial charge in [-0.2, -0.15) is 0 Å². The monoisotopic (exact) mass is 250 g/mol.